The van der Waals surface area contributed by atoms with E-state index in [2.05, 4.69) is 10.1 Å². The van der Waals surface area contributed by atoms with E-state index >= 15 is 0 Å². The number of amides is 2. The number of rotatable bonds is 4. The van der Waals surface area contributed by atoms with E-state index in [1.807, 2.05) is 13.8 Å². The Kier molecular flexibility index (Phi) is 5.57. The second-order valence-corrected chi connectivity index (χ2v) is 5.72. The largest absolute Gasteiger partial charge is 0.467 e. The summed E-state index contributed by atoms with van der Waals surface area (Å²) in [6.45, 7) is 5.81. The number of ether oxygens (including phenoxy) is 2. The summed E-state index contributed by atoms with van der Waals surface area (Å²) in [6, 6.07) is -0.737. The quantitative estimate of drug-likeness (QED) is 0.780. The van der Waals surface area contributed by atoms with Crippen molar-refractivity contribution in [3.63, 3.8) is 0 Å². The third-order valence-corrected chi connectivity index (χ3v) is 3.92. The lowest BCUT2D eigenvalue weighted by Gasteiger charge is -2.35. The normalized spacial score (nSPS) is 22.9. The highest BCUT2D eigenvalue weighted by Gasteiger charge is 2.48. The number of nitrogens with one attached hydrogen (secondary N) is 1. The fourth-order valence-corrected chi connectivity index (χ4v) is 2.62. The summed E-state index contributed by atoms with van der Waals surface area (Å²) in [7, 11) is 2.55. The zero-order valence-corrected chi connectivity index (χ0v) is 13.3. The van der Waals surface area contributed by atoms with Gasteiger partial charge in [0.25, 0.3) is 0 Å². The van der Waals surface area contributed by atoms with Crippen LogP contribution in [-0.4, -0.2) is 55.2 Å². The topological polar surface area (TPSA) is 84.9 Å². The summed E-state index contributed by atoms with van der Waals surface area (Å²) in [5.41, 5.74) is -0.975. The SMILES string of the molecule is COC(=O)NC(C(=O)N1CCCC1(C)C(=O)OC)C(C)C. The fourth-order valence-electron chi connectivity index (χ4n) is 2.62. The molecule has 0 bridgehead atoms. The molecule has 0 spiro atoms. The summed E-state index contributed by atoms with van der Waals surface area (Å²) in [6.07, 6.45) is 0.607. The third kappa shape index (κ3) is 3.46. The van der Waals surface area contributed by atoms with Crippen molar-refractivity contribution >= 4 is 18.0 Å². The van der Waals surface area contributed by atoms with Crippen LogP contribution in [0, 0.1) is 5.92 Å². The highest BCUT2D eigenvalue weighted by Crippen LogP contribution is 2.31. The Labute approximate surface area is 124 Å². The smallest absolute Gasteiger partial charge is 0.407 e. The lowest BCUT2D eigenvalue weighted by atomic mass is 9.96. The average Bonchev–Trinajstić information content (AvgIpc) is 2.85. The summed E-state index contributed by atoms with van der Waals surface area (Å²) in [4.78, 5) is 37.6. The van der Waals surface area contributed by atoms with Crippen molar-refractivity contribution in [2.45, 2.75) is 45.2 Å². The number of methoxy groups -OCH3 is 2. The molecule has 2 unspecified atom stereocenters. The summed E-state index contributed by atoms with van der Waals surface area (Å²) >= 11 is 0. The molecule has 1 saturated heterocycles. The first-order chi connectivity index (χ1) is 9.77. The Morgan fingerprint density at radius 3 is 2.29 bits per heavy atom. The van der Waals surface area contributed by atoms with Crippen LogP contribution in [0.2, 0.25) is 0 Å². The zero-order chi connectivity index (χ0) is 16.2. The van der Waals surface area contributed by atoms with Crippen LogP contribution in [0.1, 0.15) is 33.6 Å². The molecule has 1 aliphatic rings. The number of nitrogens with zero attached hydrogens (tertiary/aromatic N) is 1. The molecule has 2 amide bonds. The van der Waals surface area contributed by atoms with Gasteiger partial charge in [-0.2, -0.15) is 0 Å². The number of likely N-dealkylation sites (tertiary alicyclic amines) is 1. The molecule has 120 valence electrons. The van der Waals surface area contributed by atoms with Gasteiger partial charge in [0, 0.05) is 6.54 Å². The summed E-state index contributed by atoms with van der Waals surface area (Å²) in [5.74, 6) is -0.853. The minimum Gasteiger partial charge on any atom is -0.467 e. The van der Waals surface area contributed by atoms with Crippen LogP contribution < -0.4 is 5.32 Å². The van der Waals surface area contributed by atoms with Gasteiger partial charge in [-0.1, -0.05) is 13.8 Å². The van der Waals surface area contributed by atoms with Gasteiger partial charge in [-0.15, -0.1) is 0 Å². The van der Waals surface area contributed by atoms with Crippen LogP contribution in [0.4, 0.5) is 4.79 Å². The van der Waals surface area contributed by atoms with Crippen molar-refractivity contribution in [3.8, 4) is 0 Å². The molecule has 1 N–H and O–H groups in total. The van der Waals surface area contributed by atoms with Crippen LogP contribution in [-0.2, 0) is 19.1 Å². The lowest BCUT2D eigenvalue weighted by Crippen LogP contribution is -2.58. The van der Waals surface area contributed by atoms with Crippen LogP contribution in [0.25, 0.3) is 0 Å². The molecule has 1 aliphatic heterocycles. The number of alkyl carbamates (subject to hydrolysis) is 1. The molecule has 0 aliphatic carbocycles. The van der Waals surface area contributed by atoms with Gasteiger partial charge in [0.05, 0.1) is 14.2 Å². The average molecular weight is 300 g/mol. The molecule has 21 heavy (non-hydrogen) atoms. The monoisotopic (exact) mass is 300 g/mol. The van der Waals surface area contributed by atoms with Gasteiger partial charge in [0.1, 0.15) is 11.6 Å². The van der Waals surface area contributed by atoms with Crippen LogP contribution in [0.5, 0.6) is 0 Å². The van der Waals surface area contributed by atoms with Crippen LogP contribution >= 0.6 is 0 Å². The molecule has 0 aromatic carbocycles. The molecule has 2 atom stereocenters. The van der Waals surface area contributed by atoms with Crippen molar-refractivity contribution in [2.75, 3.05) is 20.8 Å². The van der Waals surface area contributed by atoms with Gasteiger partial charge in [-0.3, -0.25) is 4.79 Å². The molecule has 0 aromatic rings. The number of esters is 1. The number of hydrogen-bond acceptors (Lipinski definition) is 5. The van der Waals surface area contributed by atoms with Crippen LogP contribution in [0.15, 0.2) is 0 Å². The standard InChI is InChI=1S/C14H24N2O5/c1-9(2)10(15-13(19)21-5)11(17)16-8-6-7-14(16,3)12(18)20-4/h9-10H,6-8H2,1-5H3,(H,15,19). The highest BCUT2D eigenvalue weighted by atomic mass is 16.5. The minimum absolute atomic E-state index is 0.126. The van der Waals surface area contributed by atoms with Crippen molar-refractivity contribution in [1.29, 1.82) is 0 Å². The number of hydrogen-bond donors (Lipinski definition) is 1. The Balaban J connectivity index is 2.97. The predicted octanol–water partition coefficient (Wildman–Crippen LogP) is 0.921. The summed E-state index contributed by atoms with van der Waals surface area (Å²) < 4.78 is 9.37. The van der Waals surface area contributed by atoms with Gasteiger partial charge in [-0.25, -0.2) is 9.59 Å². The molecule has 7 heteroatoms. The van der Waals surface area contributed by atoms with Gasteiger partial charge < -0.3 is 19.7 Å². The van der Waals surface area contributed by atoms with E-state index in [-0.39, 0.29) is 11.8 Å². The van der Waals surface area contributed by atoms with Crippen molar-refractivity contribution in [1.82, 2.24) is 10.2 Å². The maximum absolute atomic E-state index is 12.7. The Morgan fingerprint density at radius 2 is 1.81 bits per heavy atom. The first kappa shape index (κ1) is 17.3. The van der Waals surface area contributed by atoms with E-state index < -0.39 is 23.6 Å². The second kappa shape index (κ2) is 6.78. The molecular weight excluding hydrogens is 276 g/mol. The molecular formula is C14H24N2O5. The summed E-state index contributed by atoms with van der Waals surface area (Å²) in [5, 5.41) is 2.53. The molecule has 1 heterocycles. The molecule has 1 fully saturated rings. The molecule has 0 aromatic heterocycles. The lowest BCUT2D eigenvalue weighted by molar-refractivity contribution is -0.159. The Bertz CT molecular complexity index is 424. The van der Waals surface area contributed by atoms with Gasteiger partial charge in [0.15, 0.2) is 0 Å². The molecule has 1 rings (SSSR count). The van der Waals surface area contributed by atoms with E-state index in [4.69, 9.17) is 4.74 Å². The van der Waals surface area contributed by atoms with Crippen molar-refractivity contribution in [3.05, 3.63) is 0 Å². The zero-order valence-electron chi connectivity index (χ0n) is 13.3. The maximum atomic E-state index is 12.7. The molecule has 7 nitrogen and oxygen atoms in total. The van der Waals surface area contributed by atoms with E-state index in [9.17, 15) is 14.4 Å². The first-order valence-corrected chi connectivity index (χ1v) is 7.02. The second-order valence-electron chi connectivity index (χ2n) is 5.72. The predicted molar refractivity (Wildman–Crippen MR) is 75.5 cm³/mol. The van der Waals surface area contributed by atoms with E-state index in [1.54, 1.807) is 6.92 Å². The molecule has 0 saturated carbocycles. The Hall–Kier alpha value is -1.79. The highest BCUT2D eigenvalue weighted by molar-refractivity contribution is 5.92. The van der Waals surface area contributed by atoms with Crippen molar-refractivity contribution < 1.29 is 23.9 Å². The van der Waals surface area contributed by atoms with E-state index in [1.165, 1.54) is 19.1 Å². The van der Waals surface area contributed by atoms with E-state index in [0.717, 1.165) is 6.42 Å². The van der Waals surface area contributed by atoms with Gasteiger partial charge in [0.2, 0.25) is 5.91 Å². The Morgan fingerprint density at radius 1 is 1.19 bits per heavy atom. The third-order valence-electron chi connectivity index (χ3n) is 3.92. The fraction of sp³-hybridized carbons (Fsp3) is 0.786. The maximum Gasteiger partial charge on any atom is 0.407 e. The van der Waals surface area contributed by atoms with Gasteiger partial charge in [-0.05, 0) is 25.7 Å². The first-order valence-electron chi connectivity index (χ1n) is 7.02. The van der Waals surface area contributed by atoms with Gasteiger partial charge >= 0.3 is 12.1 Å². The number of carbonyl (C=O) groups excluding carboxylic acids is 3. The van der Waals surface area contributed by atoms with Crippen LogP contribution in [0.3, 0.4) is 0 Å². The number of carbonyl (C=O) groups is 3. The van der Waals surface area contributed by atoms with E-state index in [0.29, 0.717) is 13.0 Å². The molecule has 0 radical (unpaired) electrons. The minimum atomic E-state index is -0.975. The van der Waals surface area contributed by atoms with Crippen molar-refractivity contribution in [2.24, 2.45) is 5.92 Å².